The summed E-state index contributed by atoms with van der Waals surface area (Å²) in [5, 5.41) is 4.29. The Bertz CT molecular complexity index is 967. The molecule has 1 amide bonds. The third-order valence-corrected chi connectivity index (χ3v) is 7.20. The fraction of sp³-hybridized carbons (Fsp3) is 0.368. The van der Waals surface area contributed by atoms with Gasteiger partial charge >= 0.3 is 5.97 Å². The number of sulfonamides is 1. The number of piperidine rings is 1. The minimum atomic E-state index is -3.66. The summed E-state index contributed by atoms with van der Waals surface area (Å²) < 4.78 is 37.4. The minimum absolute atomic E-state index is 0.0751. The van der Waals surface area contributed by atoms with Crippen LogP contribution < -0.4 is 10.1 Å². The Balaban J connectivity index is 1.71. The van der Waals surface area contributed by atoms with Crippen molar-refractivity contribution in [1.29, 1.82) is 0 Å². The van der Waals surface area contributed by atoms with Gasteiger partial charge < -0.3 is 14.8 Å². The Morgan fingerprint density at radius 1 is 1.17 bits per heavy atom. The van der Waals surface area contributed by atoms with Crippen molar-refractivity contribution in [1.82, 2.24) is 4.31 Å². The zero-order valence-corrected chi connectivity index (χ0v) is 17.6. The quantitative estimate of drug-likeness (QED) is 0.667. The lowest BCUT2D eigenvalue weighted by Gasteiger charge is -2.26. The normalized spacial score (nSPS) is 14.9. The van der Waals surface area contributed by atoms with Crippen LogP contribution in [0.15, 0.2) is 40.6 Å². The minimum Gasteiger partial charge on any atom is -0.495 e. The molecule has 0 bridgehead atoms. The largest absolute Gasteiger partial charge is 0.495 e. The monoisotopic (exact) mass is 438 g/mol. The first-order chi connectivity index (χ1) is 13.9. The highest BCUT2D eigenvalue weighted by Crippen LogP contribution is 2.30. The molecule has 1 aromatic carbocycles. The highest BCUT2D eigenvalue weighted by Gasteiger charge is 2.27. The van der Waals surface area contributed by atoms with Crippen molar-refractivity contribution in [3.8, 4) is 5.75 Å². The summed E-state index contributed by atoms with van der Waals surface area (Å²) >= 11 is 1.21. The summed E-state index contributed by atoms with van der Waals surface area (Å²) in [6, 6.07) is 7.62. The number of hydrogen-bond acceptors (Lipinski definition) is 7. The van der Waals surface area contributed by atoms with Gasteiger partial charge in [-0.05, 0) is 42.5 Å². The number of hydrogen-bond donors (Lipinski definition) is 1. The topological polar surface area (TPSA) is 102 Å². The van der Waals surface area contributed by atoms with E-state index in [-0.39, 0.29) is 10.6 Å². The molecular formula is C19H22N2O6S2. The summed E-state index contributed by atoms with van der Waals surface area (Å²) in [6.45, 7) is 0.465. The van der Waals surface area contributed by atoms with Gasteiger partial charge in [-0.25, -0.2) is 13.2 Å². The van der Waals surface area contributed by atoms with Crippen molar-refractivity contribution in [2.45, 2.75) is 24.2 Å². The Kier molecular flexibility index (Phi) is 6.88. The van der Waals surface area contributed by atoms with Crippen LogP contribution in [0.4, 0.5) is 5.69 Å². The number of rotatable bonds is 7. The van der Waals surface area contributed by atoms with Gasteiger partial charge in [-0.15, -0.1) is 11.3 Å². The first-order valence-corrected chi connectivity index (χ1v) is 11.4. The van der Waals surface area contributed by atoms with Crippen molar-refractivity contribution in [2.75, 3.05) is 32.1 Å². The van der Waals surface area contributed by atoms with Crippen molar-refractivity contribution in [3.63, 3.8) is 0 Å². The molecule has 29 heavy (non-hydrogen) atoms. The number of nitrogens with one attached hydrogen (secondary N) is 1. The van der Waals surface area contributed by atoms with E-state index >= 15 is 0 Å². The number of ether oxygens (including phenoxy) is 2. The van der Waals surface area contributed by atoms with E-state index in [1.54, 1.807) is 17.5 Å². The summed E-state index contributed by atoms with van der Waals surface area (Å²) in [4.78, 5) is 24.5. The summed E-state index contributed by atoms with van der Waals surface area (Å²) in [5.74, 6) is -0.884. The molecule has 0 saturated carbocycles. The SMILES string of the molecule is COc1ccc(S(=O)(=O)N2CCCCC2)cc1NC(=O)COC(=O)c1cccs1. The number of anilines is 1. The summed E-state index contributed by atoms with van der Waals surface area (Å²) in [5.41, 5.74) is 0.197. The maximum atomic E-state index is 12.9. The molecule has 1 N–H and O–H groups in total. The van der Waals surface area contributed by atoms with Gasteiger partial charge in [-0.3, -0.25) is 4.79 Å². The molecule has 0 aliphatic carbocycles. The third-order valence-electron chi connectivity index (χ3n) is 4.45. The van der Waals surface area contributed by atoms with Gasteiger partial charge in [-0.1, -0.05) is 12.5 Å². The number of nitrogens with zero attached hydrogens (tertiary/aromatic N) is 1. The number of methoxy groups -OCH3 is 1. The van der Waals surface area contributed by atoms with Crippen molar-refractivity contribution < 1.29 is 27.5 Å². The predicted molar refractivity (Wildman–Crippen MR) is 109 cm³/mol. The molecule has 0 spiro atoms. The van der Waals surface area contributed by atoms with Crippen LogP contribution in [0.25, 0.3) is 0 Å². The van der Waals surface area contributed by atoms with Crippen LogP contribution in [-0.4, -0.2) is 51.4 Å². The molecule has 1 fully saturated rings. The van der Waals surface area contributed by atoms with Crippen LogP contribution in [0.3, 0.4) is 0 Å². The molecule has 2 heterocycles. The zero-order valence-electron chi connectivity index (χ0n) is 15.9. The van der Waals surface area contributed by atoms with E-state index in [1.807, 2.05) is 0 Å². The second kappa shape index (κ2) is 9.38. The first kappa shape index (κ1) is 21.3. The molecule has 2 aromatic rings. The summed E-state index contributed by atoms with van der Waals surface area (Å²) in [6.07, 6.45) is 2.67. The Morgan fingerprint density at radius 3 is 2.59 bits per heavy atom. The van der Waals surface area contributed by atoms with Crippen LogP contribution in [0.1, 0.15) is 28.9 Å². The molecule has 0 radical (unpaired) electrons. The number of carbonyl (C=O) groups excluding carboxylic acids is 2. The lowest BCUT2D eigenvalue weighted by atomic mass is 10.2. The van der Waals surface area contributed by atoms with E-state index in [1.165, 1.54) is 41.0 Å². The van der Waals surface area contributed by atoms with Crippen LogP contribution in [0.2, 0.25) is 0 Å². The highest BCUT2D eigenvalue weighted by molar-refractivity contribution is 7.89. The van der Waals surface area contributed by atoms with Crippen molar-refractivity contribution in [2.24, 2.45) is 0 Å². The van der Waals surface area contributed by atoms with E-state index in [4.69, 9.17) is 9.47 Å². The molecule has 1 aliphatic heterocycles. The summed E-state index contributed by atoms with van der Waals surface area (Å²) in [7, 11) is -2.24. The van der Waals surface area contributed by atoms with Crippen LogP contribution in [-0.2, 0) is 19.6 Å². The van der Waals surface area contributed by atoms with Gasteiger partial charge in [0.05, 0.1) is 17.7 Å². The number of carbonyl (C=O) groups is 2. The number of amides is 1. The molecule has 156 valence electrons. The second-order valence-corrected chi connectivity index (χ2v) is 9.31. The smallest absolute Gasteiger partial charge is 0.348 e. The van der Waals surface area contributed by atoms with Gasteiger partial charge in [0.1, 0.15) is 10.6 Å². The maximum Gasteiger partial charge on any atom is 0.348 e. The van der Waals surface area contributed by atoms with Gasteiger partial charge in [0.25, 0.3) is 5.91 Å². The average Bonchev–Trinajstić information content (AvgIpc) is 3.27. The van der Waals surface area contributed by atoms with Gasteiger partial charge in [-0.2, -0.15) is 4.31 Å². The van der Waals surface area contributed by atoms with E-state index in [9.17, 15) is 18.0 Å². The lowest BCUT2D eigenvalue weighted by Crippen LogP contribution is -2.35. The Hall–Kier alpha value is -2.43. The van der Waals surface area contributed by atoms with Crippen LogP contribution in [0, 0.1) is 0 Å². The molecular weight excluding hydrogens is 416 g/mol. The van der Waals surface area contributed by atoms with Crippen molar-refractivity contribution in [3.05, 3.63) is 40.6 Å². The standard InChI is InChI=1S/C19H22N2O6S2/c1-26-16-8-7-14(29(24,25)21-9-3-2-4-10-21)12-15(16)20-18(22)13-27-19(23)17-6-5-11-28-17/h5-8,11-12H,2-4,9-10,13H2,1H3,(H,20,22). The van der Waals surface area contributed by atoms with Gasteiger partial charge in [0, 0.05) is 13.1 Å². The molecule has 0 unspecified atom stereocenters. The number of esters is 1. The molecule has 1 aliphatic rings. The van der Waals surface area contributed by atoms with E-state index in [2.05, 4.69) is 5.32 Å². The zero-order chi connectivity index (χ0) is 20.9. The Labute approximate surface area is 173 Å². The molecule has 3 rings (SSSR count). The van der Waals surface area contributed by atoms with E-state index in [0.717, 1.165) is 19.3 Å². The van der Waals surface area contributed by atoms with Gasteiger partial charge in [0.2, 0.25) is 10.0 Å². The first-order valence-electron chi connectivity index (χ1n) is 9.10. The number of benzene rings is 1. The maximum absolute atomic E-state index is 12.9. The molecule has 8 nitrogen and oxygen atoms in total. The van der Waals surface area contributed by atoms with E-state index < -0.39 is 28.5 Å². The third kappa shape index (κ3) is 5.14. The highest BCUT2D eigenvalue weighted by atomic mass is 32.2. The fourth-order valence-corrected chi connectivity index (χ4v) is 5.14. The molecule has 10 heteroatoms. The second-order valence-electron chi connectivity index (χ2n) is 6.43. The Morgan fingerprint density at radius 2 is 1.93 bits per heavy atom. The van der Waals surface area contributed by atoms with Crippen LogP contribution >= 0.6 is 11.3 Å². The number of thiophene rings is 1. The fourth-order valence-electron chi connectivity index (χ4n) is 2.98. The molecule has 1 aromatic heterocycles. The molecule has 1 saturated heterocycles. The van der Waals surface area contributed by atoms with Crippen LogP contribution in [0.5, 0.6) is 5.75 Å². The van der Waals surface area contributed by atoms with Crippen molar-refractivity contribution >= 4 is 38.9 Å². The lowest BCUT2D eigenvalue weighted by molar-refractivity contribution is -0.119. The van der Waals surface area contributed by atoms with Gasteiger partial charge in [0.15, 0.2) is 6.61 Å². The molecule has 0 atom stereocenters. The van der Waals surface area contributed by atoms with E-state index in [0.29, 0.717) is 23.7 Å². The predicted octanol–water partition coefficient (Wildman–Crippen LogP) is 2.73. The average molecular weight is 439 g/mol.